The van der Waals surface area contributed by atoms with Gasteiger partial charge in [-0.25, -0.2) is 4.39 Å². The van der Waals surface area contributed by atoms with E-state index in [9.17, 15) is 14.0 Å². The van der Waals surface area contributed by atoms with Gasteiger partial charge in [0.1, 0.15) is 5.82 Å². The van der Waals surface area contributed by atoms with Gasteiger partial charge in [-0.05, 0) is 18.9 Å². The fraction of sp³-hybridized carbons (Fsp3) is 0.385. The molecule has 1 heterocycles. The molecule has 1 N–H and O–H groups in total. The van der Waals surface area contributed by atoms with Gasteiger partial charge in [0.15, 0.2) is 0 Å². The Balaban J connectivity index is 1.88. The molecule has 1 aromatic carbocycles. The van der Waals surface area contributed by atoms with Gasteiger partial charge in [-0.15, -0.1) is 0 Å². The summed E-state index contributed by atoms with van der Waals surface area (Å²) in [6.07, 6.45) is 1.87. The number of carbonyl (C=O) groups is 2. The maximum absolute atomic E-state index is 13.3. The lowest BCUT2D eigenvalue weighted by Crippen LogP contribution is -2.41. The summed E-state index contributed by atoms with van der Waals surface area (Å²) in [6, 6.07) is 6.17. The van der Waals surface area contributed by atoms with E-state index in [-0.39, 0.29) is 12.4 Å². The molecule has 0 aliphatic carbocycles. The molecule has 2 rings (SSSR count). The summed E-state index contributed by atoms with van der Waals surface area (Å²) < 4.78 is 13.3. The van der Waals surface area contributed by atoms with Crippen LogP contribution in [0, 0.1) is 5.82 Å². The molecule has 1 aromatic rings. The summed E-state index contributed by atoms with van der Waals surface area (Å²) in [5.74, 6) is -1.57. The van der Waals surface area contributed by atoms with Crippen molar-refractivity contribution in [2.24, 2.45) is 0 Å². The molecule has 18 heavy (non-hydrogen) atoms. The predicted octanol–water partition coefficient (Wildman–Crippen LogP) is 1.06. The summed E-state index contributed by atoms with van der Waals surface area (Å²) in [5.41, 5.74) is 0.375. The summed E-state index contributed by atoms with van der Waals surface area (Å²) in [6.45, 7) is 1.29. The zero-order chi connectivity index (χ0) is 13.0. The first-order valence-corrected chi connectivity index (χ1v) is 5.99. The van der Waals surface area contributed by atoms with Crippen molar-refractivity contribution in [3.63, 3.8) is 0 Å². The van der Waals surface area contributed by atoms with Gasteiger partial charge in [0.05, 0.1) is 0 Å². The van der Waals surface area contributed by atoms with Crippen molar-refractivity contribution in [1.29, 1.82) is 0 Å². The number of likely N-dealkylation sites (tertiary alicyclic amines) is 1. The topological polar surface area (TPSA) is 49.4 Å². The minimum absolute atomic E-state index is 0.0328. The molecule has 0 unspecified atom stereocenters. The van der Waals surface area contributed by atoms with Gasteiger partial charge in [-0.1, -0.05) is 18.2 Å². The maximum atomic E-state index is 13.3. The van der Waals surface area contributed by atoms with E-state index in [4.69, 9.17) is 0 Å². The number of benzene rings is 1. The fourth-order valence-electron chi connectivity index (χ4n) is 1.96. The second-order valence-corrected chi connectivity index (χ2v) is 4.27. The Morgan fingerprint density at radius 2 is 1.89 bits per heavy atom. The van der Waals surface area contributed by atoms with E-state index in [0.29, 0.717) is 18.7 Å². The summed E-state index contributed by atoms with van der Waals surface area (Å²) in [7, 11) is 0. The minimum atomic E-state index is -0.667. The van der Waals surface area contributed by atoms with E-state index in [0.717, 1.165) is 12.8 Å². The Morgan fingerprint density at radius 3 is 2.56 bits per heavy atom. The van der Waals surface area contributed by atoms with Gasteiger partial charge >= 0.3 is 11.8 Å². The minimum Gasteiger partial charge on any atom is -0.344 e. The Labute approximate surface area is 105 Å². The molecule has 4 nitrogen and oxygen atoms in total. The lowest BCUT2D eigenvalue weighted by Gasteiger charge is -2.14. The Hall–Kier alpha value is -1.91. The van der Waals surface area contributed by atoms with Gasteiger partial charge in [0, 0.05) is 25.2 Å². The van der Waals surface area contributed by atoms with Crippen LogP contribution in [-0.2, 0) is 16.1 Å². The van der Waals surface area contributed by atoms with Gasteiger partial charge in [-0.3, -0.25) is 9.59 Å². The van der Waals surface area contributed by atoms with Crippen molar-refractivity contribution in [3.05, 3.63) is 35.6 Å². The van der Waals surface area contributed by atoms with Gasteiger partial charge in [0.2, 0.25) is 0 Å². The number of carbonyl (C=O) groups excluding carboxylic acids is 2. The van der Waals surface area contributed by atoms with Crippen LogP contribution in [0.1, 0.15) is 18.4 Å². The number of halogens is 1. The highest BCUT2D eigenvalue weighted by Gasteiger charge is 2.24. The normalized spacial score (nSPS) is 14.6. The SMILES string of the molecule is O=C(NCc1ccccc1F)C(=O)N1CCCC1. The summed E-state index contributed by atoms with van der Waals surface area (Å²) in [4.78, 5) is 24.8. The molecule has 0 spiro atoms. The maximum Gasteiger partial charge on any atom is 0.311 e. The van der Waals surface area contributed by atoms with Crippen molar-refractivity contribution < 1.29 is 14.0 Å². The molecule has 2 amide bonds. The Bertz CT molecular complexity index is 456. The molecule has 1 aliphatic rings. The van der Waals surface area contributed by atoms with Crippen molar-refractivity contribution in [1.82, 2.24) is 10.2 Å². The highest BCUT2D eigenvalue weighted by Crippen LogP contribution is 2.08. The number of nitrogens with zero attached hydrogens (tertiary/aromatic N) is 1. The van der Waals surface area contributed by atoms with Gasteiger partial charge in [-0.2, -0.15) is 0 Å². The van der Waals surface area contributed by atoms with Crippen LogP contribution in [0.2, 0.25) is 0 Å². The lowest BCUT2D eigenvalue weighted by molar-refractivity contribution is -0.145. The molecule has 5 heteroatoms. The first-order chi connectivity index (χ1) is 8.68. The van der Waals surface area contributed by atoms with Gasteiger partial charge in [0.25, 0.3) is 0 Å². The molecule has 0 saturated carbocycles. The fourth-order valence-corrected chi connectivity index (χ4v) is 1.96. The van der Waals surface area contributed by atoms with Crippen LogP contribution >= 0.6 is 0 Å². The standard InChI is InChI=1S/C13H15FN2O2/c14-11-6-2-1-5-10(11)9-15-12(17)13(18)16-7-3-4-8-16/h1-2,5-6H,3-4,7-9H2,(H,15,17). The van der Waals surface area contributed by atoms with E-state index >= 15 is 0 Å². The lowest BCUT2D eigenvalue weighted by atomic mass is 10.2. The van der Waals surface area contributed by atoms with E-state index < -0.39 is 11.8 Å². The van der Waals surface area contributed by atoms with E-state index in [2.05, 4.69) is 5.32 Å². The van der Waals surface area contributed by atoms with Crippen LogP contribution in [0.25, 0.3) is 0 Å². The number of hydrogen-bond donors (Lipinski definition) is 1. The van der Waals surface area contributed by atoms with Crippen LogP contribution < -0.4 is 5.32 Å². The number of amides is 2. The third kappa shape index (κ3) is 2.85. The van der Waals surface area contributed by atoms with Crippen LogP contribution in [0.4, 0.5) is 4.39 Å². The number of nitrogens with one attached hydrogen (secondary N) is 1. The molecule has 0 bridgehead atoms. The van der Waals surface area contributed by atoms with Crippen LogP contribution in [0.5, 0.6) is 0 Å². The third-order valence-corrected chi connectivity index (χ3v) is 2.98. The second kappa shape index (κ2) is 5.62. The van der Waals surface area contributed by atoms with E-state index in [1.54, 1.807) is 18.2 Å². The molecule has 96 valence electrons. The predicted molar refractivity (Wildman–Crippen MR) is 64.1 cm³/mol. The highest BCUT2D eigenvalue weighted by atomic mass is 19.1. The van der Waals surface area contributed by atoms with Crippen molar-refractivity contribution >= 4 is 11.8 Å². The van der Waals surface area contributed by atoms with E-state index in [1.165, 1.54) is 11.0 Å². The Morgan fingerprint density at radius 1 is 1.22 bits per heavy atom. The third-order valence-electron chi connectivity index (χ3n) is 2.98. The largest absolute Gasteiger partial charge is 0.344 e. The molecule has 0 aromatic heterocycles. The Kier molecular flexibility index (Phi) is 3.92. The molecule has 1 saturated heterocycles. The zero-order valence-corrected chi connectivity index (χ0v) is 9.99. The van der Waals surface area contributed by atoms with Crippen molar-refractivity contribution in [3.8, 4) is 0 Å². The smallest absolute Gasteiger partial charge is 0.311 e. The van der Waals surface area contributed by atoms with Crippen LogP contribution in [0.15, 0.2) is 24.3 Å². The first-order valence-electron chi connectivity index (χ1n) is 5.99. The van der Waals surface area contributed by atoms with Crippen molar-refractivity contribution in [2.45, 2.75) is 19.4 Å². The van der Waals surface area contributed by atoms with Crippen molar-refractivity contribution in [2.75, 3.05) is 13.1 Å². The molecule has 0 radical (unpaired) electrons. The molecule has 1 fully saturated rings. The first kappa shape index (κ1) is 12.5. The van der Waals surface area contributed by atoms with Crippen LogP contribution in [0.3, 0.4) is 0 Å². The average molecular weight is 250 g/mol. The summed E-state index contributed by atoms with van der Waals surface area (Å²) in [5, 5.41) is 2.45. The second-order valence-electron chi connectivity index (χ2n) is 4.27. The highest BCUT2D eigenvalue weighted by molar-refractivity contribution is 6.35. The van der Waals surface area contributed by atoms with Gasteiger partial charge < -0.3 is 10.2 Å². The molecule has 1 aliphatic heterocycles. The number of rotatable bonds is 2. The molecular weight excluding hydrogens is 235 g/mol. The molecular formula is C13H15FN2O2. The summed E-state index contributed by atoms with van der Waals surface area (Å²) >= 11 is 0. The average Bonchev–Trinajstić information content (AvgIpc) is 2.90. The number of hydrogen-bond acceptors (Lipinski definition) is 2. The molecule has 0 atom stereocenters. The zero-order valence-electron chi connectivity index (χ0n) is 9.99. The quantitative estimate of drug-likeness (QED) is 0.798. The van der Waals surface area contributed by atoms with E-state index in [1.807, 2.05) is 0 Å². The van der Waals surface area contributed by atoms with Crippen LogP contribution in [-0.4, -0.2) is 29.8 Å². The monoisotopic (exact) mass is 250 g/mol.